The van der Waals surface area contributed by atoms with E-state index in [4.69, 9.17) is 4.42 Å². The fourth-order valence-electron chi connectivity index (χ4n) is 1.25. The van der Waals surface area contributed by atoms with Gasteiger partial charge >= 0.3 is 36.4 Å². The summed E-state index contributed by atoms with van der Waals surface area (Å²) in [5.74, 6) is -5.40. The van der Waals surface area contributed by atoms with Gasteiger partial charge in [0, 0.05) is 0 Å². The van der Waals surface area contributed by atoms with Crippen molar-refractivity contribution in [1.82, 2.24) is 10.6 Å². The lowest BCUT2D eigenvalue weighted by Crippen LogP contribution is -2.40. The van der Waals surface area contributed by atoms with E-state index in [1.165, 1.54) is 0 Å². The number of alkyl carbamates (subject to hydrolysis) is 2. The lowest BCUT2D eigenvalue weighted by atomic mass is 10.4. The minimum absolute atomic E-state index is 0.157. The summed E-state index contributed by atoms with van der Waals surface area (Å²) < 4.78 is 84.9. The summed E-state index contributed by atoms with van der Waals surface area (Å²) in [6.07, 6.45) is -14.0. The van der Waals surface area contributed by atoms with Crippen molar-refractivity contribution in [3.05, 3.63) is 23.7 Å². The molecular formula is C12H8F6N2O7. The van der Waals surface area contributed by atoms with Crippen LogP contribution in [-0.2, 0) is 32.3 Å². The van der Waals surface area contributed by atoms with Crippen LogP contribution in [0.3, 0.4) is 0 Å². The fourth-order valence-corrected chi connectivity index (χ4v) is 1.25. The molecule has 15 heteroatoms. The molecule has 1 rings (SSSR count). The summed E-state index contributed by atoms with van der Waals surface area (Å²) in [6.45, 7) is -1.43. The third-order valence-corrected chi connectivity index (χ3v) is 2.35. The molecule has 0 aliphatic carbocycles. The normalized spacial score (nSPS) is 11.5. The molecule has 27 heavy (non-hydrogen) atoms. The number of hydrogen-bond donors (Lipinski definition) is 2. The number of imide groups is 2. The number of halogens is 6. The van der Waals surface area contributed by atoms with Gasteiger partial charge in [-0.05, 0) is 12.1 Å². The first-order valence-corrected chi connectivity index (χ1v) is 6.46. The molecule has 0 spiro atoms. The van der Waals surface area contributed by atoms with Crippen molar-refractivity contribution in [3.8, 4) is 0 Å². The van der Waals surface area contributed by atoms with E-state index >= 15 is 0 Å². The highest BCUT2D eigenvalue weighted by Crippen LogP contribution is 2.15. The Labute approximate surface area is 144 Å². The van der Waals surface area contributed by atoms with Crippen LogP contribution in [0.1, 0.15) is 11.5 Å². The highest BCUT2D eigenvalue weighted by Gasteiger charge is 2.40. The zero-order valence-corrected chi connectivity index (χ0v) is 12.7. The lowest BCUT2D eigenvalue weighted by Gasteiger charge is -2.07. The third kappa shape index (κ3) is 7.66. The van der Waals surface area contributed by atoms with Gasteiger partial charge in [0.25, 0.3) is 0 Å². The molecule has 0 aliphatic heterocycles. The second-order valence-electron chi connectivity index (χ2n) is 4.42. The van der Waals surface area contributed by atoms with E-state index in [2.05, 4.69) is 9.47 Å². The minimum Gasteiger partial charge on any atom is -0.459 e. The molecule has 4 amide bonds. The van der Waals surface area contributed by atoms with Gasteiger partial charge in [0.15, 0.2) is 13.2 Å². The van der Waals surface area contributed by atoms with E-state index in [-0.39, 0.29) is 11.5 Å². The Morgan fingerprint density at radius 1 is 0.778 bits per heavy atom. The molecule has 1 aromatic heterocycles. The van der Waals surface area contributed by atoms with Crippen LogP contribution >= 0.6 is 0 Å². The molecular weight excluding hydrogens is 398 g/mol. The van der Waals surface area contributed by atoms with Gasteiger partial charge in [-0.3, -0.25) is 20.2 Å². The molecule has 2 N–H and O–H groups in total. The topological polar surface area (TPSA) is 124 Å². The van der Waals surface area contributed by atoms with Gasteiger partial charge in [-0.25, -0.2) is 9.59 Å². The Bertz CT molecular complexity index is 666. The van der Waals surface area contributed by atoms with Crippen molar-refractivity contribution < 1.29 is 59.4 Å². The van der Waals surface area contributed by atoms with Crippen LogP contribution in [0.4, 0.5) is 35.9 Å². The van der Waals surface area contributed by atoms with Crippen molar-refractivity contribution >= 4 is 24.0 Å². The Kier molecular flexibility index (Phi) is 6.79. The Hall–Kier alpha value is -3.26. The summed E-state index contributed by atoms with van der Waals surface area (Å²) in [5, 5.41) is 1.80. The van der Waals surface area contributed by atoms with E-state index in [1.807, 2.05) is 0 Å². The number of furan rings is 1. The fraction of sp³-hybridized carbons (Fsp3) is 0.333. The second-order valence-corrected chi connectivity index (χ2v) is 4.42. The first-order chi connectivity index (χ1) is 12.3. The summed E-state index contributed by atoms with van der Waals surface area (Å²) in [7, 11) is 0. The molecule has 0 aliphatic rings. The molecule has 0 saturated carbocycles. The average molecular weight is 406 g/mol. The predicted octanol–water partition coefficient (Wildman–Crippen LogP) is 1.91. The average Bonchev–Trinajstić information content (AvgIpc) is 2.97. The van der Waals surface area contributed by atoms with Crippen LogP contribution in [-0.4, -0.2) is 36.4 Å². The van der Waals surface area contributed by atoms with Crippen molar-refractivity contribution in [1.29, 1.82) is 0 Å². The summed E-state index contributed by atoms with van der Waals surface area (Å²) in [6, 6.07) is 2.27. The van der Waals surface area contributed by atoms with Crippen molar-refractivity contribution in [3.63, 3.8) is 0 Å². The van der Waals surface area contributed by atoms with Gasteiger partial charge in [-0.15, -0.1) is 0 Å². The lowest BCUT2D eigenvalue weighted by molar-refractivity contribution is -0.172. The molecule has 0 unspecified atom stereocenters. The molecule has 1 aromatic rings. The zero-order chi connectivity index (χ0) is 20.8. The van der Waals surface area contributed by atoms with Gasteiger partial charge in [-0.1, -0.05) is 0 Å². The van der Waals surface area contributed by atoms with E-state index in [0.717, 1.165) is 22.8 Å². The van der Waals surface area contributed by atoms with E-state index in [9.17, 15) is 45.5 Å². The SMILES string of the molecule is O=C(NC(=O)C(F)(F)F)OCc1ccc(COC(=O)NC(=O)C(F)(F)F)o1. The maximum atomic E-state index is 11.9. The van der Waals surface area contributed by atoms with E-state index in [0.29, 0.717) is 0 Å². The first-order valence-electron chi connectivity index (χ1n) is 6.46. The van der Waals surface area contributed by atoms with Gasteiger partial charge in [-0.2, -0.15) is 26.3 Å². The standard InChI is InChI=1S/C12H8F6N2O7/c13-11(14,15)7(21)19-9(23)25-3-5-1-2-6(27-5)4-26-10(24)20-8(22)12(16,17)18/h1-2H,3-4H2,(H,19,21,23)(H,20,22,24). The highest BCUT2D eigenvalue weighted by atomic mass is 19.4. The van der Waals surface area contributed by atoms with Gasteiger partial charge in [0.1, 0.15) is 11.5 Å². The smallest absolute Gasteiger partial charge is 0.459 e. The number of nitrogens with one attached hydrogen (secondary N) is 2. The summed E-state index contributed by atoms with van der Waals surface area (Å²) in [4.78, 5) is 42.9. The molecule has 150 valence electrons. The molecule has 9 nitrogen and oxygen atoms in total. The maximum Gasteiger partial charge on any atom is 0.471 e. The second kappa shape index (κ2) is 8.41. The number of rotatable bonds is 4. The Balaban J connectivity index is 2.41. The third-order valence-electron chi connectivity index (χ3n) is 2.35. The zero-order valence-electron chi connectivity index (χ0n) is 12.7. The van der Waals surface area contributed by atoms with Gasteiger partial charge in [0.2, 0.25) is 0 Å². The van der Waals surface area contributed by atoms with Gasteiger partial charge < -0.3 is 13.9 Å². The molecule has 0 atom stereocenters. The molecule has 0 aromatic carbocycles. The molecule has 0 saturated heterocycles. The highest BCUT2D eigenvalue weighted by molar-refractivity contribution is 5.95. The predicted molar refractivity (Wildman–Crippen MR) is 67.5 cm³/mol. The van der Waals surface area contributed by atoms with Crippen LogP contribution in [0, 0.1) is 0 Å². The van der Waals surface area contributed by atoms with Crippen molar-refractivity contribution in [2.75, 3.05) is 0 Å². The minimum atomic E-state index is -5.29. The van der Waals surface area contributed by atoms with E-state index < -0.39 is 49.6 Å². The number of amides is 4. The van der Waals surface area contributed by atoms with Crippen LogP contribution in [0.15, 0.2) is 16.5 Å². The number of hydrogen-bond acceptors (Lipinski definition) is 7. The van der Waals surface area contributed by atoms with Crippen LogP contribution in [0.25, 0.3) is 0 Å². The maximum absolute atomic E-state index is 11.9. The number of carbonyl (C=O) groups is 4. The molecule has 1 heterocycles. The van der Waals surface area contributed by atoms with Crippen molar-refractivity contribution in [2.45, 2.75) is 25.6 Å². The number of alkyl halides is 6. The number of ether oxygens (including phenoxy) is 2. The first kappa shape index (κ1) is 21.8. The Morgan fingerprint density at radius 3 is 1.41 bits per heavy atom. The number of carbonyl (C=O) groups excluding carboxylic acids is 4. The largest absolute Gasteiger partial charge is 0.471 e. The molecule has 0 fully saturated rings. The van der Waals surface area contributed by atoms with Crippen LogP contribution < -0.4 is 10.6 Å². The van der Waals surface area contributed by atoms with Gasteiger partial charge in [0.05, 0.1) is 0 Å². The quantitative estimate of drug-likeness (QED) is 0.732. The summed E-state index contributed by atoms with van der Waals surface area (Å²) >= 11 is 0. The van der Waals surface area contributed by atoms with Crippen LogP contribution in [0.5, 0.6) is 0 Å². The monoisotopic (exact) mass is 406 g/mol. The van der Waals surface area contributed by atoms with E-state index in [1.54, 1.807) is 0 Å². The summed E-state index contributed by atoms with van der Waals surface area (Å²) in [5.41, 5.74) is 0. The Morgan fingerprint density at radius 2 is 1.11 bits per heavy atom. The van der Waals surface area contributed by atoms with Crippen LogP contribution in [0.2, 0.25) is 0 Å². The van der Waals surface area contributed by atoms with Crippen molar-refractivity contribution in [2.24, 2.45) is 0 Å². The molecule has 0 bridgehead atoms. The molecule has 0 radical (unpaired) electrons.